The maximum absolute atomic E-state index is 9.09. The Morgan fingerprint density at radius 1 is 1.14 bits per heavy atom. The van der Waals surface area contributed by atoms with E-state index in [0.29, 0.717) is 36.0 Å². The molecule has 1 atom stereocenters. The van der Waals surface area contributed by atoms with Gasteiger partial charge >= 0.3 is 0 Å². The van der Waals surface area contributed by atoms with Crippen molar-refractivity contribution in [1.29, 1.82) is 5.26 Å². The number of hydrogen-bond donors (Lipinski definition) is 1. The zero-order valence-corrected chi connectivity index (χ0v) is 13.1. The molecule has 0 fully saturated rings. The van der Waals surface area contributed by atoms with Gasteiger partial charge in [-0.15, -0.1) is 0 Å². The van der Waals surface area contributed by atoms with Crippen molar-refractivity contribution in [2.45, 2.75) is 18.9 Å². The van der Waals surface area contributed by atoms with Crippen LogP contribution in [0.2, 0.25) is 0 Å². The van der Waals surface area contributed by atoms with Crippen LogP contribution in [-0.2, 0) is 0 Å². The molecular formula is C15H22N2O4. The highest BCUT2D eigenvalue weighted by Gasteiger charge is 2.21. The Balaban J connectivity index is 2.83. The minimum atomic E-state index is -0.610. The van der Waals surface area contributed by atoms with Crippen LogP contribution in [0.25, 0.3) is 0 Å². The minimum absolute atomic E-state index is 0.392. The van der Waals surface area contributed by atoms with Crippen molar-refractivity contribution < 1.29 is 18.9 Å². The van der Waals surface area contributed by atoms with Crippen LogP contribution in [0, 0.1) is 11.3 Å². The van der Waals surface area contributed by atoms with E-state index in [4.69, 9.17) is 24.2 Å². The highest BCUT2D eigenvalue weighted by atomic mass is 16.5. The first-order valence-electron chi connectivity index (χ1n) is 6.56. The topological polar surface area (TPSA) is 72.7 Å². The van der Waals surface area contributed by atoms with Crippen LogP contribution in [0.15, 0.2) is 12.1 Å². The first kappa shape index (κ1) is 16.9. The van der Waals surface area contributed by atoms with Crippen LogP contribution in [0.1, 0.15) is 13.3 Å². The summed E-state index contributed by atoms with van der Waals surface area (Å²) in [7, 11) is 6.40. The van der Waals surface area contributed by atoms with Crippen molar-refractivity contribution in [3.63, 3.8) is 0 Å². The molecule has 6 nitrogen and oxygen atoms in total. The SMILES string of the molecule is CNC(C)(C#N)CCOc1cc(OC)c(OC)c(OC)c1. The normalized spacial score (nSPS) is 13.0. The lowest BCUT2D eigenvalue weighted by Crippen LogP contribution is -2.39. The lowest BCUT2D eigenvalue weighted by Gasteiger charge is -2.21. The first-order chi connectivity index (χ1) is 10.0. The van der Waals surface area contributed by atoms with Gasteiger partial charge in [0.05, 0.1) is 34.0 Å². The second kappa shape index (κ2) is 7.60. The molecule has 0 aromatic heterocycles. The van der Waals surface area contributed by atoms with Crippen molar-refractivity contribution in [2.75, 3.05) is 35.0 Å². The van der Waals surface area contributed by atoms with E-state index in [2.05, 4.69) is 11.4 Å². The summed E-state index contributed by atoms with van der Waals surface area (Å²) in [4.78, 5) is 0. The summed E-state index contributed by atoms with van der Waals surface area (Å²) in [5, 5.41) is 12.1. The van der Waals surface area contributed by atoms with E-state index in [1.54, 1.807) is 40.5 Å². The second-order valence-electron chi connectivity index (χ2n) is 4.65. The fraction of sp³-hybridized carbons (Fsp3) is 0.533. The molecule has 0 aliphatic rings. The van der Waals surface area contributed by atoms with Gasteiger partial charge in [-0.3, -0.25) is 0 Å². The number of nitrogens with one attached hydrogen (secondary N) is 1. The van der Waals surface area contributed by atoms with Gasteiger partial charge in [-0.05, 0) is 14.0 Å². The number of nitrogens with zero attached hydrogens (tertiary/aromatic N) is 1. The Morgan fingerprint density at radius 3 is 2.10 bits per heavy atom. The van der Waals surface area contributed by atoms with Gasteiger partial charge in [0.15, 0.2) is 11.5 Å². The summed E-state index contributed by atoms with van der Waals surface area (Å²) in [6.07, 6.45) is 0.552. The Bertz CT molecular complexity index is 488. The van der Waals surface area contributed by atoms with Crippen molar-refractivity contribution >= 4 is 0 Å². The van der Waals surface area contributed by atoms with E-state index in [0.717, 1.165) is 0 Å². The molecule has 1 N–H and O–H groups in total. The molecule has 0 heterocycles. The quantitative estimate of drug-likeness (QED) is 0.790. The molecule has 0 aliphatic carbocycles. The van der Waals surface area contributed by atoms with Crippen molar-refractivity contribution in [2.24, 2.45) is 0 Å². The fourth-order valence-corrected chi connectivity index (χ4v) is 1.75. The number of benzene rings is 1. The molecule has 1 rings (SSSR count). The van der Waals surface area contributed by atoms with Gasteiger partial charge in [-0.1, -0.05) is 0 Å². The summed E-state index contributed by atoms with van der Waals surface area (Å²) in [5.41, 5.74) is -0.610. The Morgan fingerprint density at radius 2 is 1.71 bits per heavy atom. The number of hydrogen-bond acceptors (Lipinski definition) is 6. The van der Waals surface area contributed by atoms with Crippen molar-refractivity contribution in [3.05, 3.63) is 12.1 Å². The monoisotopic (exact) mass is 294 g/mol. The van der Waals surface area contributed by atoms with Crippen LogP contribution in [-0.4, -0.2) is 40.5 Å². The molecule has 0 radical (unpaired) electrons. The molecule has 21 heavy (non-hydrogen) atoms. The highest BCUT2D eigenvalue weighted by molar-refractivity contribution is 5.55. The molecule has 1 unspecified atom stereocenters. The molecule has 0 saturated carbocycles. The average Bonchev–Trinajstić information content (AvgIpc) is 2.53. The third-order valence-corrected chi connectivity index (χ3v) is 3.31. The van der Waals surface area contributed by atoms with Crippen LogP contribution < -0.4 is 24.3 Å². The summed E-state index contributed by atoms with van der Waals surface area (Å²) in [6.45, 7) is 2.22. The lowest BCUT2D eigenvalue weighted by atomic mass is 10.0. The van der Waals surface area contributed by atoms with Gasteiger partial charge in [-0.25, -0.2) is 0 Å². The van der Waals surface area contributed by atoms with E-state index in [1.165, 1.54) is 0 Å². The van der Waals surface area contributed by atoms with E-state index < -0.39 is 5.54 Å². The Hall–Kier alpha value is -2.13. The standard InChI is InChI=1S/C15H22N2O4/c1-15(10-16,17-2)6-7-21-11-8-12(18-3)14(20-5)13(9-11)19-4/h8-9,17H,6-7H2,1-5H3. The van der Waals surface area contributed by atoms with E-state index in [-0.39, 0.29) is 0 Å². The molecule has 0 aliphatic heterocycles. The smallest absolute Gasteiger partial charge is 0.203 e. The van der Waals surface area contributed by atoms with Gasteiger partial charge in [0, 0.05) is 18.6 Å². The molecule has 0 spiro atoms. The summed E-state index contributed by atoms with van der Waals surface area (Å²) >= 11 is 0. The molecule has 6 heteroatoms. The largest absolute Gasteiger partial charge is 0.493 e. The average molecular weight is 294 g/mol. The third kappa shape index (κ3) is 4.17. The highest BCUT2D eigenvalue weighted by Crippen LogP contribution is 2.40. The fourth-order valence-electron chi connectivity index (χ4n) is 1.75. The van der Waals surface area contributed by atoms with Crippen LogP contribution >= 0.6 is 0 Å². The number of methoxy groups -OCH3 is 3. The lowest BCUT2D eigenvalue weighted by molar-refractivity contribution is 0.267. The molecule has 1 aromatic rings. The number of nitriles is 1. The molecule has 0 saturated heterocycles. The summed E-state index contributed by atoms with van der Waals surface area (Å²) in [6, 6.07) is 5.67. The van der Waals surface area contributed by atoms with Crippen molar-refractivity contribution in [1.82, 2.24) is 5.32 Å². The van der Waals surface area contributed by atoms with Gasteiger partial charge < -0.3 is 24.3 Å². The Labute approximate surface area is 125 Å². The van der Waals surface area contributed by atoms with Crippen LogP contribution in [0.3, 0.4) is 0 Å². The predicted molar refractivity (Wildman–Crippen MR) is 79.3 cm³/mol. The van der Waals surface area contributed by atoms with Crippen LogP contribution in [0.5, 0.6) is 23.0 Å². The predicted octanol–water partition coefficient (Wildman–Crippen LogP) is 1.98. The van der Waals surface area contributed by atoms with E-state index >= 15 is 0 Å². The zero-order valence-electron chi connectivity index (χ0n) is 13.1. The van der Waals surface area contributed by atoms with Crippen molar-refractivity contribution in [3.8, 4) is 29.1 Å². The zero-order chi connectivity index (χ0) is 15.9. The first-order valence-corrected chi connectivity index (χ1v) is 6.56. The minimum Gasteiger partial charge on any atom is -0.493 e. The Kier molecular flexibility index (Phi) is 6.12. The maximum Gasteiger partial charge on any atom is 0.203 e. The van der Waals surface area contributed by atoms with Gasteiger partial charge in [0.1, 0.15) is 11.3 Å². The van der Waals surface area contributed by atoms with Gasteiger partial charge in [0.2, 0.25) is 5.75 Å². The molecule has 0 amide bonds. The molecule has 1 aromatic carbocycles. The number of ether oxygens (including phenoxy) is 4. The molecule has 0 bridgehead atoms. The number of rotatable bonds is 8. The van der Waals surface area contributed by atoms with E-state index in [1.807, 2.05) is 6.92 Å². The van der Waals surface area contributed by atoms with Crippen LogP contribution in [0.4, 0.5) is 0 Å². The second-order valence-corrected chi connectivity index (χ2v) is 4.65. The maximum atomic E-state index is 9.09. The van der Waals surface area contributed by atoms with E-state index in [9.17, 15) is 0 Å². The molecule has 116 valence electrons. The summed E-state index contributed by atoms with van der Waals surface area (Å²) < 4.78 is 21.4. The summed E-state index contributed by atoms with van der Waals surface area (Å²) in [5.74, 6) is 2.18. The van der Waals surface area contributed by atoms with Gasteiger partial charge in [-0.2, -0.15) is 5.26 Å². The molecular weight excluding hydrogens is 272 g/mol. The third-order valence-electron chi connectivity index (χ3n) is 3.31. The van der Waals surface area contributed by atoms with Gasteiger partial charge in [0.25, 0.3) is 0 Å².